The van der Waals surface area contributed by atoms with Gasteiger partial charge in [-0.2, -0.15) is 0 Å². The van der Waals surface area contributed by atoms with Crippen LogP contribution in [0.15, 0.2) is 142 Å². The van der Waals surface area contributed by atoms with Crippen molar-refractivity contribution in [1.29, 1.82) is 0 Å². The molecule has 262 valence electrons. The summed E-state index contributed by atoms with van der Waals surface area (Å²) in [5, 5.41) is 4.40. The van der Waals surface area contributed by atoms with Crippen LogP contribution in [0, 0.1) is 0 Å². The number of aromatic nitrogens is 2. The Morgan fingerprint density at radius 2 is 0.796 bits per heavy atom. The summed E-state index contributed by atoms with van der Waals surface area (Å²) < 4.78 is 19.0. The molecule has 0 atom stereocenters. The Labute approximate surface area is 312 Å². The molecule has 4 nitrogen and oxygen atoms in total. The summed E-state index contributed by atoms with van der Waals surface area (Å²) >= 11 is 0. The fraction of sp³-hybridized carbons (Fsp3) is 0.160. The molecule has 0 spiro atoms. The molecule has 0 radical (unpaired) electrons. The normalized spacial score (nSPS) is 13.0. The van der Waals surface area contributed by atoms with E-state index in [0.717, 1.165) is 77.0 Å². The van der Waals surface area contributed by atoms with E-state index in [2.05, 4.69) is 184 Å². The average Bonchev–Trinajstić information content (AvgIpc) is 3.70. The molecule has 0 aliphatic heterocycles. The lowest BCUT2D eigenvalue weighted by Crippen LogP contribution is -2.12. The van der Waals surface area contributed by atoms with Crippen molar-refractivity contribution in [1.82, 2.24) is 8.80 Å². The summed E-state index contributed by atoms with van der Waals surface area (Å²) in [6.07, 6.45) is 0. The maximum atomic E-state index is 7.09. The van der Waals surface area contributed by atoms with Crippen LogP contribution in [-0.2, 0) is 10.8 Å². The van der Waals surface area contributed by atoms with Gasteiger partial charge in [-0.05, 0) is 80.6 Å². The largest absolute Gasteiger partial charge is 0.452 e. The fourth-order valence-corrected chi connectivity index (χ4v) is 9.19. The summed E-state index contributed by atoms with van der Waals surface area (Å²) in [6.45, 7) is 13.7. The van der Waals surface area contributed by atoms with Crippen molar-refractivity contribution < 1.29 is 8.83 Å². The maximum Gasteiger partial charge on any atom is 0.162 e. The molecule has 0 saturated heterocycles. The minimum Gasteiger partial charge on any atom is -0.452 e. The second-order valence-corrected chi connectivity index (χ2v) is 17.0. The van der Waals surface area contributed by atoms with Crippen molar-refractivity contribution in [2.75, 3.05) is 0 Å². The highest BCUT2D eigenvalue weighted by Gasteiger charge is 2.29. The lowest BCUT2D eigenvalue weighted by Gasteiger charge is -2.23. The molecule has 0 amide bonds. The predicted octanol–water partition coefficient (Wildman–Crippen LogP) is 14.2. The lowest BCUT2D eigenvalue weighted by molar-refractivity contribution is 0.591. The Morgan fingerprint density at radius 3 is 1.22 bits per heavy atom. The van der Waals surface area contributed by atoms with E-state index < -0.39 is 0 Å². The molecule has 11 aromatic rings. The van der Waals surface area contributed by atoms with Gasteiger partial charge in [-0.3, -0.25) is 0 Å². The van der Waals surface area contributed by atoms with Gasteiger partial charge in [0, 0.05) is 10.8 Å². The van der Waals surface area contributed by atoms with Crippen LogP contribution >= 0.6 is 0 Å². The van der Waals surface area contributed by atoms with Gasteiger partial charge in [0.25, 0.3) is 0 Å². The number of rotatable bonds is 2. The predicted molar refractivity (Wildman–Crippen MR) is 226 cm³/mol. The smallest absolute Gasteiger partial charge is 0.162 e. The van der Waals surface area contributed by atoms with Crippen molar-refractivity contribution in [3.05, 3.63) is 145 Å². The zero-order valence-electron chi connectivity index (χ0n) is 31.4. The van der Waals surface area contributed by atoms with E-state index in [1.807, 2.05) is 0 Å². The first kappa shape index (κ1) is 31.3. The Hall–Kier alpha value is -6.26. The number of nitrogens with zero attached hydrogens (tertiary/aromatic N) is 2. The Morgan fingerprint density at radius 1 is 0.407 bits per heavy atom. The molecular weight excluding hydrogens is 661 g/mol. The highest BCUT2D eigenvalue weighted by atomic mass is 16.3. The van der Waals surface area contributed by atoms with Crippen molar-refractivity contribution in [2.45, 2.75) is 52.4 Å². The van der Waals surface area contributed by atoms with Crippen molar-refractivity contribution in [3.8, 4) is 22.3 Å². The van der Waals surface area contributed by atoms with Crippen LogP contribution in [0.3, 0.4) is 0 Å². The SMILES string of the molecule is CC(C)(C)c1ccccc1-c1ccc2c3c4oc5ccccc5n5c6cc(-c7ccccc7C(C)(C)C)ccc6c(c6oc7ccccc7n(c2c1)c63)c45. The van der Waals surface area contributed by atoms with Crippen LogP contribution in [0.25, 0.3) is 99.2 Å². The van der Waals surface area contributed by atoms with Gasteiger partial charge in [-0.25, -0.2) is 0 Å². The molecule has 0 saturated carbocycles. The van der Waals surface area contributed by atoms with E-state index in [1.54, 1.807) is 0 Å². The Kier molecular flexibility index (Phi) is 6.18. The second kappa shape index (κ2) is 10.7. The van der Waals surface area contributed by atoms with Crippen LogP contribution in [0.1, 0.15) is 52.7 Å². The first-order chi connectivity index (χ1) is 26.1. The van der Waals surface area contributed by atoms with Gasteiger partial charge in [0.1, 0.15) is 11.0 Å². The third-order valence-electron chi connectivity index (χ3n) is 11.5. The number of para-hydroxylation sites is 4. The minimum atomic E-state index is -0.00491. The van der Waals surface area contributed by atoms with Gasteiger partial charge in [-0.15, -0.1) is 0 Å². The zero-order valence-corrected chi connectivity index (χ0v) is 31.4. The molecule has 0 fully saturated rings. The second-order valence-electron chi connectivity index (χ2n) is 17.0. The number of hydrogen-bond acceptors (Lipinski definition) is 2. The van der Waals surface area contributed by atoms with E-state index in [1.165, 1.54) is 33.4 Å². The quantitative estimate of drug-likeness (QED) is 0.168. The summed E-state index contributed by atoms with van der Waals surface area (Å²) in [4.78, 5) is 0. The maximum absolute atomic E-state index is 7.09. The Bertz CT molecular complexity index is 3120. The zero-order chi connectivity index (χ0) is 36.7. The van der Waals surface area contributed by atoms with Gasteiger partial charge >= 0.3 is 0 Å². The molecule has 0 unspecified atom stereocenters. The van der Waals surface area contributed by atoms with Gasteiger partial charge in [0.15, 0.2) is 22.3 Å². The van der Waals surface area contributed by atoms with Crippen LogP contribution in [0.4, 0.5) is 0 Å². The molecular formula is C50H40N2O2. The third-order valence-corrected chi connectivity index (χ3v) is 11.5. The van der Waals surface area contributed by atoms with E-state index in [0.29, 0.717) is 0 Å². The van der Waals surface area contributed by atoms with Crippen LogP contribution in [-0.4, -0.2) is 8.80 Å². The summed E-state index contributed by atoms with van der Waals surface area (Å²) in [7, 11) is 0. The fourth-order valence-electron chi connectivity index (χ4n) is 9.19. The van der Waals surface area contributed by atoms with Gasteiger partial charge in [0.2, 0.25) is 0 Å². The Balaban J connectivity index is 1.35. The number of hydrogen-bond donors (Lipinski definition) is 0. The molecule has 0 aliphatic carbocycles. The van der Waals surface area contributed by atoms with Crippen molar-refractivity contribution in [3.63, 3.8) is 0 Å². The topological polar surface area (TPSA) is 35.1 Å². The first-order valence-corrected chi connectivity index (χ1v) is 18.9. The number of fused-ring (bicyclic) bond motifs is 12. The molecule has 0 bridgehead atoms. The van der Waals surface area contributed by atoms with Crippen molar-refractivity contribution in [2.24, 2.45) is 0 Å². The summed E-state index contributed by atoms with van der Waals surface area (Å²) in [6, 6.07) is 48.3. The summed E-state index contributed by atoms with van der Waals surface area (Å²) in [5.74, 6) is 0. The summed E-state index contributed by atoms with van der Waals surface area (Å²) in [5.41, 5.74) is 17.3. The first-order valence-electron chi connectivity index (χ1n) is 18.9. The molecule has 0 aliphatic rings. The van der Waals surface area contributed by atoms with Crippen molar-refractivity contribution >= 4 is 77.0 Å². The highest BCUT2D eigenvalue weighted by Crippen LogP contribution is 2.49. The highest BCUT2D eigenvalue weighted by molar-refractivity contribution is 6.35. The van der Waals surface area contributed by atoms with E-state index in [9.17, 15) is 0 Å². The molecule has 11 rings (SSSR count). The molecule has 7 aromatic carbocycles. The molecule has 0 N–H and O–H groups in total. The van der Waals surface area contributed by atoms with Gasteiger partial charge in [0.05, 0.1) is 32.8 Å². The van der Waals surface area contributed by atoms with E-state index >= 15 is 0 Å². The average molecular weight is 701 g/mol. The van der Waals surface area contributed by atoms with E-state index in [-0.39, 0.29) is 10.8 Å². The molecule has 4 heteroatoms. The van der Waals surface area contributed by atoms with Crippen LogP contribution in [0.2, 0.25) is 0 Å². The van der Waals surface area contributed by atoms with Gasteiger partial charge < -0.3 is 17.6 Å². The number of benzene rings is 7. The van der Waals surface area contributed by atoms with Gasteiger partial charge in [-0.1, -0.05) is 139 Å². The molecule has 4 heterocycles. The van der Waals surface area contributed by atoms with Crippen LogP contribution < -0.4 is 0 Å². The third kappa shape index (κ3) is 4.19. The molecule has 4 aromatic heterocycles. The molecule has 54 heavy (non-hydrogen) atoms. The standard InChI is InChI=1S/C50H40N2O2/c1-49(2,3)35-17-9-7-15-31(35)29-23-25-33-39(27-29)51-37-19-11-13-21-41(37)53-48-44-34-26-24-30(32-16-8-10-18-36(32)50(4,5)6)28-40(34)52-38-20-12-14-22-42(38)54-47(46(44)52)43(33)45(48)51/h7-28H,1-6H3. The van der Waals surface area contributed by atoms with Crippen LogP contribution in [0.5, 0.6) is 0 Å². The lowest BCUT2D eigenvalue weighted by atomic mass is 9.82. The monoisotopic (exact) mass is 700 g/mol. The minimum absolute atomic E-state index is 0.00491. The van der Waals surface area contributed by atoms with E-state index in [4.69, 9.17) is 8.83 Å².